The van der Waals surface area contributed by atoms with Gasteiger partial charge in [-0.15, -0.1) is 0 Å². The summed E-state index contributed by atoms with van der Waals surface area (Å²) in [4.78, 5) is 0. The molecular weight excluding hydrogens is 288 g/mol. The molecule has 1 aromatic carbocycles. The molecule has 0 heteroatoms. The van der Waals surface area contributed by atoms with E-state index < -0.39 is 0 Å². The van der Waals surface area contributed by atoms with E-state index in [0.717, 1.165) is 0 Å². The molecular formula is C24H25+. The quantitative estimate of drug-likeness (QED) is 0.465. The van der Waals surface area contributed by atoms with Crippen LogP contribution in [0.2, 0.25) is 0 Å². The van der Waals surface area contributed by atoms with E-state index >= 15 is 0 Å². The molecule has 0 atom stereocenters. The second kappa shape index (κ2) is 6.97. The Balaban J connectivity index is 1.95. The number of hydrogen-bond acceptors (Lipinski definition) is 0. The number of hydrogen-bond donors (Lipinski definition) is 0. The van der Waals surface area contributed by atoms with E-state index in [-0.39, 0.29) is 0 Å². The fraction of sp³-hybridized carbons (Fsp3) is 0.208. The second-order valence-electron chi connectivity index (χ2n) is 6.82. The third-order valence-electron chi connectivity index (χ3n) is 4.62. The predicted octanol–water partition coefficient (Wildman–Crippen LogP) is 6.80. The van der Waals surface area contributed by atoms with Crippen molar-refractivity contribution in [2.45, 2.75) is 33.6 Å². The van der Waals surface area contributed by atoms with Gasteiger partial charge in [0.05, 0.1) is 5.56 Å². The molecule has 24 heavy (non-hydrogen) atoms. The van der Waals surface area contributed by atoms with E-state index in [1.54, 1.807) is 0 Å². The third kappa shape index (κ3) is 3.38. The lowest BCUT2D eigenvalue weighted by molar-refractivity contribution is 0.868. The Morgan fingerprint density at radius 2 is 1.62 bits per heavy atom. The van der Waals surface area contributed by atoms with Crippen molar-refractivity contribution >= 4 is 6.08 Å². The van der Waals surface area contributed by atoms with E-state index in [4.69, 9.17) is 0 Å². The third-order valence-corrected chi connectivity index (χ3v) is 4.62. The first-order chi connectivity index (χ1) is 11.6. The summed E-state index contributed by atoms with van der Waals surface area (Å²) in [6, 6.07) is 19.6. The standard InChI is InChI=1S/C24H25/c1-17(2)21-14-13-18(3)24-22(15-19(4)23(24)16-21)12-8-11-20-9-6-5-7-10-20/h5-17H,1-4H3/q+1/b11-8+. The highest BCUT2D eigenvalue weighted by molar-refractivity contribution is 5.80. The average molecular weight is 313 g/mol. The maximum atomic E-state index is 2.36. The van der Waals surface area contributed by atoms with Crippen LogP contribution in [0.15, 0.2) is 60.7 Å². The summed E-state index contributed by atoms with van der Waals surface area (Å²) in [5.41, 5.74) is 9.37. The first-order valence-corrected chi connectivity index (χ1v) is 8.66. The van der Waals surface area contributed by atoms with Crippen LogP contribution in [0.3, 0.4) is 0 Å². The van der Waals surface area contributed by atoms with Gasteiger partial charge in [-0.1, -0.05) is 38.1 Å². The van der Waals surface area contributed by atoms with Crippen LogP contribution in [-0.2, 0) is 0 Å². The van der Waals surface area contributed by atoms with Crippen molar-refractivity contribution in [3.05, 3.63) is 94.9 Å². The predicted molar refractivity (Wildman–Crippen MR) is 106 cm³/mol. The summed E-state index contributed by atoms with van der Waals surface area (Å²) >= 11 is 0. The highest BCUT2D eigenvalue weighted by atomic mass is 14.2. The largest absolute Gasteiger partial charge is 0.104 e. The summed E-state index contributed by atoms with van der Waals surface area (Å²) in [6.45, 7) is 8.93. The van der Waals surface area contributed by atoms with Crippen molar-refractivity contribution < 1.29 is 0 Å². The van der Waals surface area contributed by atoms with Gasteiger partial charge in [-0.3, -0.25) is 0 Å². The van der Waals surface area contributed by atoms with Crippen LogP contribution >= 0.6 is 0 Å². The van der Waals surface area contributed by atoms with Crippen LogP contribution in [0.25, 0.3) is 17.2 Å². The number of allylic oxidation sites excluding steroid dienone is 1. The second-order valence-corrected chi connectivity index (χ2v) is 6.82. The van der Waals surface area contributed by atoms with Crippen molar-refractivity contribution in [3.63, 3.8) is 0 Å². The van der Waals surface area contributed by atoms with Crippen molar-refractivity contribution in [1.29, 1.82) is 0 Å². The van der Waals surface area contributed by atoms with Crippen LogP contribution in [0.5, 0.6) is 0 Å². The molecule has 2 aliphatic rings. The van der Waals surface area contributed by atoms with E-state index in [1.807, 2.05) is 6.07 Å². The monoisotopic (exact) mass is 313 g/mol. The van der Waals surface area contributed by atoms with Gasteiger partial charge in [-0.25, -0.2) is 0 Å². The molecule has 0 unspecified atom stereocenters. The van der Waals surface area contributed by atoms with Crippen molar-refractivity contribution in [2.75, 3.05) is 0 Å². The first-order valence-electron chi connectivity index (χ1n) is 8.66. The normalized spacial score (nSPS) is 11.5. The molecule has 0 nitrogen and oxygen atoms in total. The van der Waals surface area contributed by atoms with Crippen molar-refractivity contribution in [2.24, 2.45) is 0 Å². The summed E-state index contributed by atoms with van der Waals surface area (Å²) < 4.78 is 0. The molecule has 0 bridgehead atoms. The Morgan fingerprint density at radius 1 is 0.875 bits per heavy atom. The Labute approximate surface area is 146 Å². The van der Waals surface area contributed by atoms with E-state index in [0.29, 0.717) is 5.92 Å². The van der Waals surface area contributed by atoms with E-state index in [9.17, 15) is 0 Å². The first kappa shape index (κ1) is 16.4. The lowest BCUT2D eigenvalue weighted by atomic mass is 9.99. The zero-order chi connectivity index (χ0) is 17.1. The molecule has 2 aliphatic carbocycles. The highest BCUT2D eigenvalue weighted by Gasteiger charge is 2.21. The molecule has 0 N–H and O–H groups in total. The molecule has 0 saturated carbocycles. The average Bonchev–Trinajstić information content (AvgIpc) is 2.75. The molecule has 0 radical (unpaired) electrons. The fourth-order valence-corrected chi connectivity index (χ4v) is 3.20. The van der Waals surface area contributed by atoms with Gasteiger partial charge < -0.3 is 0 Å². The minimum absolute atomic E-state index is 0.541. The molecule has 0 aliphatic heterocycles. The molecule has 0 spiro atoms. The lowest BCUT2D eigenvalue weighted by Crippen LogP contribution is -1.84. The molecule has 0 aromatic heterocycles. The zero-order valence-electron chi connectivity index (χ0n) is 15.0. The SMILES string of the molecule is Cc1cc([CH+]/C=C/c2ccccc2)c2c(C)ccc(C(C)C)cc1-2. The lowest BCUT2D eigenvalue weighted by Gasteiger charge is -2.02. The van der Waals surface area contributed by atoms with Crippen LogP contribution in [-0.4, -0.2) is 0 Å². The van der Waals surface area contributed by atoms with Crippen LogP contribution in [0, 0.1) is 20.3 Å². The Kier molecular flexibility index (Phi) is 4.76. The molecule has 0 amide bonds. The Hall–Kier alpha value is -2.47. The van der Waals surface area contributed by atoms with Gasteiger partial charge in [-0.2, -0.15) is 0 Å². The van der Waals surface area contributed by atoms with Gasteiger partial charge in [0, 0.05) is 41.3 Å². The van der Waals surface area contributed by atoms with Gasteiger partial charge in [0.25, 0.3) is 0 Å². The summed E-state index contributed by atoms with van der Waals surface area (Å²) in [7, 11) is 0. The maximum absolute atomic E-state index is 2.36. The van der Waals surface area contributed by atoms with Gasteiger partial charge in [0.15, 0.2) is 0 Å². The molecule has 0 heterocycles. The molecule has 120 valence electrons. The van der Waals surface area contributed by atoms with Crippen molar-refractivity contribution in [1.82, 2.24) is 0 Å². The topological polar surface area (TPSA) is 0 Å². The maximum Gasteiger partial charge on any atom is 0.104 e. The summed E-state index contributed by atoms with van der Waals surface area (Å²) in [5.74, 6) is 0.541. The fourth-order valence-electron chi connectivity index (χ4n) is 3.20. The number of fused-ring (bicyclic) bond motifs is 1. The summed E-state index contributed by atoms with van der Waals surface area (Å²) in [6.07, 6.45) is 6.54. The van der Waals surface area contributed by atoms with Gasteiger partial charge in [0.2, 0.25) is 0 Å². The minimum Gasteiger partial charge on any atom is -0.0622 e. The van der Waals surface area contributed by atoms with E-state index in [2.05, 4.69) is 94.8 Å². The minimum atomic E-state index is 0.541. The van der Waals surface area contributed by atoms with Crippen molar-refractivity contribution in [3.8, 4) is 11.1 Å². The Bertz CT molecular complexity index is 822. The smallest absolute Gasteiger partial charge is 0.0622 e. The Morgan fingerprint density at radius 3 is 2.33 bits per heavy atom. The van der Waals surface area contributed by atoms with Crippen LogP contribution < -0.4 is 0 Å². The molecule has 0 saturated heterocycles. The number of benzene rings is 1. The van der Waals surface area contributed by atoms with Crippen LogP contribution in [0.1, 0.15) is 47.6 Å². The zero-order valence-corrected chi connectivity index (χ0v) is 15.0. The molecule has 1 aromatic rings. The van der Waals surface area contributed by atoms with Gasteiger partial charge in [0.1, 0.15) is 5.56 Å². The number of rotatable bonds is 4. The molecule has 0 fully saturated rings. The van der Waals surface area contributed by atoms with Gasteiger partial charge in [-0.05, 0) is 55.2 Å². The number of aryl methyl sites for hydroxylation is 2. The summed E-state index contributed by atoms with van der Waals surface area (Å²) in [5, 5.41) is 0. The van der Waals surface area contributed by atoms with Crippen LogP contribution in [0.4, 0.5) is 0 Å². The van der Waals surface area contributed by atoms with E-state index in [1.165, 1.54) is 38.9 Å². The molecule has 3 rings (SSSR count). The van der Waals surface area contributed by atoms with Gasteiger partial charge >= 0.3 is 0 Å². The highest BCUT2D eigenvalue weighted by Crippen LogP contribution is 2.37.